The topological polar surface area (TPSA) is 51.1 Å². The predicted molar refractivity (Wildman–Crippen MR) is 200 cm³/mol. The number of halogens is 3. The molecule has 0 radical (unpaired) electrons. The first-order valence-corrected chi connectivity index (χ1v) is 16.0. The quantitative estimate of drug-likeness (QED) is 0.170. The first kappa shape index (κ1) is 32.4. The van der Waals surface area contributed by atoms with Crippen LogP contribution in [0.15, 0.2) is 103 Å². The molecule has 0 atom stereocenters. The van der Waals surface area contributed by atoms with Crippen molar-refractivity contribution in [3.63, 3.8) is 0 Å². The van der Waals surface area contributed by atoms with Crippen LogP contribution in [0.4, 0.5) is 35.9 Å². The summed E-state index contributed by atoms with van der Waals surface area (Å²) in [6.45, 7) is 33.2. The van der Waals surface area contributed by atoms with Crippen molar-refractivity contribution in [2.75, 3.05) is 0 Å². The molecule has 10 heteroatoms. The van der Waals surface area contributed by atoms with Gasteiger partial charge in [0.15, 0.2) is 22.7 Å². The average molecular weight is 692 g/mol. The minimum atomic E-state index is -4.74. The van der Waals surface area contributed by atoms with Crippen LogP contribution in [0.3, 0.4) is 0 Å². The molecule has 0 fully saturated rings. The van der Waals surface area contributed by atoms with Crippen molar-refractivity contribution < 1.29 is 13.2 Å². The molecule has 8 rings (SSSR count). The minimum absolute atomic E-state index is 0.0437. The summed E-state index contributed by atoms with van der Waals surface area (Å²) in [5.74, 6) is 0. The molecule has 0 aliphatic carbocycles. The number of nitriles is 1. The van der Waals surface area contributed by atoms with Crippen LogP contribution in [0.5, 0.6) is 0 Å². The lowest BCUT2D eigenvalue weighted by Crippen LogP contribution is -2.09. The van der Waals surface area contributed by atoms with Gasteiger partial charge in [-0.2, -0.15) is 18.4 Å². The summed E-state index contributed by atoms with van der Waals surface area (Å²) in [4.78, 5) is 14.7. The monoisotopic (exact) mass is 691 g/mol. The highest BCUT2D eigenvalue weighted by Gasteiger charge is 2.35. The van der Waals surface area contributed by atoms with Gasteiger partial charge in [0.1, 0.15) is 0 Å². The lowest BCUT2D eigenvalue weighted by molar-refractivity contribution is -0.137. The summed E-state index contributed by atoms with van der Waals surface area (Å²) < 4.78 is 47.8. The Labute approximate surface area is 300 Å². The first-order chi connectivity index (χ1) is 25.6. The van der Waals surface area contributed by atoms with Crippen molar-refractivity contribution >= 4 is 66.4 Å². The zero-order valence-electron chi connectivity index (χ0n) is 27.6. The van der Waals surface area contributed by atoms with Gasteiger partial charge in [0.2, 0.25) is 0 Å². The molecule has 0 N–H and O–H groups in total. The van der Waals surface area contributed by atoms with Crippen LogP contribution in [0.1, 0.15) is 16.7 Å². The van der Waals surface area contributed by atoms with Gasteiger partial charge < -0.3 is 9.13 Å². The van der Waals surface area contributed by atoms with Gasteiger partial charge in [0.25, 0.3) is 0 Å². The van der Waals surface area contributed by atoms with Crippen molar-refractivity contribution in [2.24, 2.45) is 0 Å². The number of alkyl halides is 3. The average Bonchev–Trinajstić information content (AvgIpc) is 3.67. The summed E-state index contributed by atoms with van der Waals surface area (Å²) in [5, 5.41) is 12.9. The second-order valence-corrected chi connectivity index (χ2v) is 12.4. The standard InChI is InChI=1S/C43H20F3N7/c1-24-7-6-8-34(43(44,45)46)42(24)33-21-40(53-38-19-27(49-3)11-15-31(38)32-16-12-28(50-4)20-39(32)53)41(22-35(33)51-5)52-36-17-25(23-47)9-13-29(36)30-14-10-26(48-2)18-37(30)52/h6-22H,1H3. The van der Waals surface area contributed by atoms with E-state index in [1.807, 2.05) is 21.3 Å². The van der Waals surface area contributed by atoms with Gasteiger partial charge in [0.05, 0.1) is 60.4 Å². The Hall–Kier alpha value is -7.84. The van der Waals surface area contributed by atoms with Gasteiger partial charge in [-0.05, 0) is 72.1 Å². The molecule has 0 bridgehead atoms. The number of hydrogen-bond acceptors (Lipinski definition) is 1. The van der Waals surface area contributed by atoms with Crippen molar-refractivity contribution in [1.82, 2.24) is 9.13 Å². The molecular formula is C43H20F3N7. The number of aryl methyl sites for hydroxylation is 1. The lowest BCUT2D eigenvalue weighted by Gasteiger charge is -2.22. The maximum absolute atomic E-state index is 14.7. The highest BCUT2D eigenvalue weighted by Crippen LogP contribution is 2.47. The first-order valence-electron chi connectivity index (χ1n) is 16.0. The summed E-state index contributed by atoms with van der Waals surface area (Å²) in [6, 6.07) is 29.9. The van der Waals surface area contributed by atoms with Crippen LogP contribution >= 0.6 is 0 Å². The normalized spacial score (nSPS) is 11.3. The van der Waals surface area contributed by atoms with Crippen LogP contribution in [-0.4, -0.2) is 9.13 Å². The molecule has 248 valence electrons. The summed E-state index contributed by atoms with van der Waals surface area (Å²) in [5.41, 5.74) is 3.57. The van der Waals surface area contributed by atoms with Crippen LogP contribution < -0.4 is 0 Å². The molecular weight excluding hydrogens is 672 g/mol. The number of nitrogens with zero attached hydrogens (tertiary/aromatic N) is 7. The summed E-state index contributed by atoms with van der Waals surface area (Å²) in [7, 11) is 0. The van der Waals surface area contributed by atoms with Crippen LogP contribution in [-0.2, 0) is 6.18 Å². The van der Waals surface area contributed by atoms with Crippen molar-refractivity contribution in [1.29, 1.82) is 5.26 Å². The maximum Gasteiger partial charge on any atom is 0.416 e. The fraction of sp³-hybridized carbons (Fsp3) is 0.0465. The fourth-order valence-electron chi connectivity index (χ4n) is 7.28. The number of rotatable bonds is 3. The van der Waals surface area contributed by atoms with Crippen LogP contribution in [0, 0.1) is 44.5 Å². The third kappa shape index (κ3) is 4.93. The van der Waals surface area contributed by atoms with Gasteiger partial charge in [-0.15, -0.1) is 0 Å². The number of hydrogen-bond donors (Lipinski definition) is 0. The lowest BCUT2D eigenvalue weighted by atomic mass is 9.92. The molecule has 0 saturated heterocycles. The highest BCUT2D eigenvalue weighted by molar-refractivity contribution is 6.13. The fourth-order valence-corrected chi connectivity index (χ4v) is 7.28. The zero-order chi connectivity index (χ0) is 37.2. The van der Waals surface area contributed by atoms with Gasteiger partial charge in [-0.3, -0.25) is 0 Å². The Balaban J connectivity index is 1.65. The highest BCUT2D eigenvalue weighted by atomic mass is 19.4. The molecule has 0 unspecified atom stereocenters. The van der Waals surface area contributed by atoms with Crippen LogP contribution in [0.25, 0.3) is 85.5 Å². The van der Waals surface area contributed by atoms with Crippen molar-refractivity contribution in [2.45, 2.75) is 13.1 Å². The van der Waals surface area contributed by atoms with E-state index in [0.29, 0.717) is 61.6 Å². The smallest absolute Gasteiger partial charge is 0.310 e. The Morgan fingerprint density at radius 3 is 1.51 bits per heavy atom. The second-order valence-electron chi connectivity index (χ2n) is 12.4. The summed E-state index contributed by atoms with van der Waals surface area (Å²) in [6.07, 6.45) is -4.74. The third-order valence-corrected chi connectivity index (χ3v) is 9.54. The van der Waals surface area contributed by atoms with E-state index in [4.69, 9.17) is 26.3 Å². The zero-order valence-corrected chi connectivity index (χ0v) is 27.6. The van der Waals surface area contributed by atoms with Crippen molar-refractivity contribution in [3.8, 4) is 28.6 Å². The van der Waals surface area contributed by atoms with E-state index in [1.165, 1.54) is 6.07 Å². The largest absolute Gasteiger partial charge is 0.416 e. The maximum atomic E-state index is 14.7. The van der Waals surface area contributed by atoms with Crippen molar-refractivity contribution in [3.05, 3.63) is 165 Å². The van der Waals surface area contributed by atoms with E-state index < -0.39 is 11.7 Å². The Morgan fingerprint density at radius 2 is 1.06 bits per heavy atom. The molecule has 0 aliphatic heterocycles. The predicted octanol–water partition coefficient (Wildman–Crippen LogP) is 12.9. The third-order valence-electron chi connectivity index (χ3n) is 9.54. The summed E-state index contributed by atoms with van der Waals surface area (Å²) >= 11 is 0. The minimum Gasteiger partial charge on any atom is -0.310 e. The number of aromatic nitrogens is 2. The van der Waals surface area contributed by atoms with E-state index in [2.05, 4.69) is 25.4 Å². The Bertz CT molecular complexity index is 2980. The van der Waals surface area contributed by atoms with E-state index >= 15 is 0 Å². The van der Waals surface area contributed by atoms with E-state index in [-0.39, 0.29) is 16.8 Å². The number of fused-ring (bicyclic) bond motifs is 6. The molecule has 0 saturated carbocycles. The molecule has 6 aromatic carbocycles. The molecule has 0 spiro atoms. The molecule has 2 aromatic heterocycles. The molecule has 53 heavy (non-hydrogen) atoms. The van der Waals surface area contributed by atoms with Crippen LogP contribution in [0.2, 0.25) is 0 Å². The van der Waals surface area contributed by atoms with Gasteiger partial charge >= 0.3 is 6.18 Å². The van der Waals surface area contributed by atoms with Gasteiger partial charge in [0, 0.05) is 38.1 Å². The molecule has 8 aromatic rings. The Kier molecular flexibility index (Phi) is 7.26. The Morgan fingerprint density at radius 1 is 0.585 bits per heavy atom. The molecule has 2 heterocycles. The molecule has 0 aliphatic rings. The molecule has 7 nitrogen and oxygen atoms in total. The number of benzene rings is 6. The van der Waals surface area contributed by atoms with Gasteiger partial charge in [-0.25, -0.2) is 19.4 Å². The van der Waals surface area contributed by atoms with E-state index in [9.17, 15) is 18.4 Å². The van der Waals surface area contributed by atoms with Gasteiger partial charge in [-0.1, -0.05) is 54.6 Å². The second kappa shape index (κ2) is 11.9. The van der Waals surface area contributed by atoms with E-state index in [0.717, 1.165) is 27.6 Å². The molecule has 0 amide bonds. The van der Waals surface area contributed by atoms with E-state index in [1.54, 1.807) is 85.8 Å². The SMILES string of the molecule is [C-]#[N+]c1ccc2c3ccc(C#N)cc3n(-c3cc([N+]#[C-])c(-c4c(C)cccc4C(F)(F)F)cc3-n3c4cc([N+]#[C-])ccc4c4ccc([N+]#[C-])cc43)c2c1.